The van der Waals surface area contributed by atoms with Gasteiger partial charge in [0, 0.05) is 10.0 Å². The van der Waals surface area contributed by atoms with Crippen LogP contribution in [0.15, 0.2) is 53.0 Å². The van der Waals surface area contributed by atoms with Crippen LogP contribution in [0.3, 0.4) is 0 Å². The Balaban J connectivity index is 2.00. The Morgan fingerprint density at radius 3 is 2.52 bits per heavy atom. The van der Waals surface area contributed by atoms with E-state index in [4.69, 9.17) is 4.74 Å². The number of ether oxygens (including phenoxy) is 1. The molecule has 0 bridgehead atoms. The Hall–Kier alpha value is -1.81. The van der Waals surface area contributed by atoms with E-state index in [1.165, 1.54) is 0 Å². The Kier molecular flexibility index (Phi) is 5.39. The molecule has 0 radical (unpaired) electrons. The topological polar surface area (TPSA) is 38.3 Å². The van der Waals surface area contributed by atoms with Crippen molar-refractivity contribution in [2.24, 2.45) is 0 Å². The fourth-order valence-corrected chi connectivity index (χ4v) is 2.45. The van der Waals surface area contributed by atoms with Gasteiger partial charge in [-0.15, -0.1) is 0 Å². The number of benzene rings is 2. The number of halogens is 1. The van der Waals surface area contributed by atoms with Gasteiger partial charge < -0.3 is 10.1 Å². The molecule has 0 spiro atoms. The van der Waals surface area contributed by atoms with E-state index in [2.05, 4.69) is 21.2 Å². The Labute approximate surface area is 133 Å². The van der Waals surface area contributed by atoms with Gasteiger partial charge >= 0.3 is 0 Å². The molecule has 21 heavy (non-hydrogen) atoms. The minimum atomic E-state index is -0.0934. The van der Waals surface area contributed by atoms with Gasteiger partial charge in [-0.1, -0.05) is 46.3 Å². The van der Waals surface area contributed by atoms with Crippen molar-refractivity contribution in [1.29, 1.82) is 0 Å². The van der Waals surface area contributed by atoms with Crippen molar-refractivity contribution in [3.8, 4) is 5.75 Å². The van der Waals surface area contributed by atoms with Crippen molar-refractivity contribution in [3.63, 3.8) is 0 Å². The van der Waals surface area contributed by atoms with E-state index in [9.17, 15) is 4.79 Å². The fraction of sp³-hybridized carbons (Fsp3) is 0.235. The maximum atomic E-state index is 12.1. The number of carbonyl (C=O) groups excluding carboxylic acids is 1. The van der Waals surface area contributed by atoms with E-state index in [1.54, 1.807) is 7.11 Å². The molecule has 2 rings (SSSR count). The van der Waals surface area contributed by atoms with Crippen LogP contribution in [0.4, 0.5) is 0 Å². The summed E-state index contributed by atoms with van der Waals surface area (Å²) in [6.45, 7) is 1.96. The lowest BCUT2D eigenvalue weighted by Crippen LogP contribution is -2.28. The molecule has 0 aliphatic heterocycles. The summed E-state index contributed by atoms with van der Waals surface area (Å²) in [5, 5.41) is 3.00. The summed E-state index contributed by atoms with van der Waals surface area (Å²) in [7, 11) is 1.63. The van der Waals surface area contributed by atoms with Crippen molar-refractivity contribution in [2.75, 3.05) is 7.11 Å². The molecule has 0 heterocycles. The minimum absolute atomic E-state index is 0.00396. The second kappa shape index (κ2) is 7.27. The second-order valence-electron chi connectivity index (χ2n) is 4.83. The van der Waals surface area contributed by atoms with Crippen LogP contribution in [0.25, 0.3) is 0 Å². The number of methoxy groups -OCH3 is 1. The molecule has 4 heteroatoms. The highest BCUT2D eigenvalue weighted by molar-refractivity contribution is 9.10. The van der Waals surface area contributed by atoms with Gasteiger partial charge in [-0.2, -0.15) is 0 Å². The van der Waals surface area contributed by atoms with Gasteiger partial charge in [0.05, 0.1) is 19.6 Å². The van der Waals surface area contributed by atoms with Crippen molar-refractivity contribution < 1.29 is 9.53 Å². The predicted molar refractivity (Wildman–Crippen MR) is 87.4 cm³/mol. The zero-order chi connectivity index (χ0) is 15.2. The molecule has 3 nitrogen and oxygen atoms in total. The SMILES string of the molecule is COc1ccccc1C(C)NC(=O)Cc1ccc(Br)cc1. The van der Waals surface area contributed by atoms with Crippen LogP contribution < -0.4 is 10.1 Å². The van der Waals surface area contributed by atoms with Crippen LogP contribution in [0.1, 0.15) is 24.1 Å². The van der Waals surface area contributed by atoms with Crippen molar-refractivity contribution in [3.05, 3.63) is 64.1 Å². The van der Waals surface area contributed by atoms with Gasteiger partial charge in [0.25, 0.3) is 0 Å². The third-order valence-corrected chi connectivity index (χ3v) is 3.79. The summed E-state index contributed by atoms with van der Waals surface area (Å²) >= 11 is 3.38. The maximum absolute atomic E-state index is 12.1. The summed E-state index contributed by atoms with van der Waals surface area (Å²) in [5.41, 5.74) is 1.96. The first-order valence-electron chi connectivity index (χ1n) is 6.77. The van der Waals surface area contributed by atoms with Crippen LogP contribution >= 0.6 is 15.9 Å². The highest BCUT2D eigenvalue weighted by Gasteiger charge is 2.13. The molecule has 0 saturated heterocycles. The Bertz CT molecular complexity index is 610. The lowest BCUT2D eigenvalue weighted by molar-refractivity contribution is -0.121. The predicted octanol–water partition coefficient (Wildman–Crippen LogP) is 3.88. The van der Waals surface area contributed by atoms with Crippen LogP contribution in [-0.4, -0.2) is 13.0 Å². The van der Waals surface area contributed by atoms with Crippen LogP contribution in [0.5, 0.6) is 5.75 Å². The molecule has 0 aromatic heterocycles. The molecule has 2 aromatic rings. The van der Waals surface area contributed by atoms with Crippen LogP contribution in [0, 0.1) is 0 Å². The maximum Gasteiger partial charge on any atom is 0.224 e. The van der Waals surface area contributed by atoms with E-state index >= 15 is 0 Å². The normalized spacial score (nSPS) is 11.8. The van der Waals surface area contributed by atoms with Gasteiger partial charge in [-0.25, -0.2) is 0 Å². The molecule has 1 unspecified atom stereocenters. The number of rotatable bonds is 5. The van der Waals surface area contributed by atoms with Gasteiger partial charge in [0.2, 0.25) is 5.91 Å². The third-order valence-electron chi connectivity index (χ3n) is 3.26. The third kappa shape index (κ3) is 4.33. The summed E-state index contributed by atoms with van der Waals surface area (Å²) in [6.07, 6.45) is 0.368. The average molecular weight is 348 g/mol. The zero-order valence-corrected chi connectivity index (χ0v) is 13.7. The van der Waals surface area contributed by atoms with Gasteiger partial charge in [0.15, 0.2) is 0 Å². The molecule has 0 saturated carbocycles. The Morgan fingerprint density at radius 1 is 1.19 bits per heavy atom. The van der Waals surface area contributed by atoms with Gasteiger partial charge in [-0.3, -0.25) is 4.79 Å². The number of hydrogen-bond donors (Lipinski definition) is 1. The molecule has 1 amide bonds. The van der Waals surface area contributed by atoms with Crippen LogP contribution in [0.2, 0.25) is 0 Å². The molecule has 0 fully saturated rings. The molecule has 1 atom stereocenters. The van der Waals surface area contributed by atoms with Gasteiger partial charge in [-0.05, 0) is 30.7 Å². The lowest BCUT2D eigenvalue weighted by Gasteiger charge is -2.17. The number of amides is 1. The highest BCUT2D eigenvalue weighted by atomic mass is 79.9. The smallest absolute Gasteiger partial charge is 0.224 e. The minimum Gasteiger partial charge on any atom is -0.496 e. The number of nitrogens with one attached hydrogen (secondary N) is 1. The first-order valence-corrected chi connectivity index (χ1v) is 7.56. The van der Waals surface area contributed by atoms with E-state index in [0.29, 0.717) is 6.42 Å². The van der Waals surface area contributed by atoms with Crippen molar-refractivity contribution >= 4 is 21.8 Å². The lowest BCUT2D eigenvalue weighted by atomic mass is 10.1. The van der Waals surface area contributed by atoms with E-state index in [0.717, 1.165) is 21.3 Å². The highest BCUT2D eigenvalue weighted by Crippen LogP contribution is 2.24. The molecule has 0 aliphatic carbocycles. The average Bonchev–Trinajstić information content (AvgIpc) is 2.49. The number of para-hydroxylation sites is 1. The molecule has 2 aromatic carbocycles. The second-order valence-corrected chi connectivity index (χ2v) is 5.75. The largest absolute Gasteiger partial charge is 0.496 e. The summed E-state index contributed by atoms with van der Waals surface area (Å²) in [6, 6.07) is 15.4. The molecular weight excluding hydrogens is 330 g/mol. The van der Waals surface area contributed by atoms with Crippen molar-refractivity contribution in [1.82, 2.24) is 5.32 Å². The number of carbonyl (C=O) groups is 1. The Morgan fingerprint density at radius 2 is 1.86 bits per heavy atom. The number of hydrogen-bond acceptors (Lipinski definition) is 2. The van der Waals surface area contributed by atoms with E-state index in [-0.39, 0.29) is 11.9 Å². The monoisotopic (exact) mass is 347 g/mol. The standard InChI is InChI=1S/C17H18BrNO2/c1-12(15-5-3-4-6-16(15)21-2)19-17(20)11-13-7-9-14(18)10-8-13/h3-10,12H,11H2,1-2H3,(H,19,20). The first-order chi connectivity index (χ1) is 10.1. The van der Waals surface area contributed by atoms with Crippen molar-refractivity contribution in [2.45, 2.75) is 19.4 Å². The summed E-state index contributed by atoms with van der Waals surface area (Å²) < 4.78 is 6.33. The molecule has 1 N–H and O–H groups in total. The summed E-state index contributed by atoms with van der Waals surface area (Å²) in [5.74, 6) is 0.782. The van der Waals surface area contributed by atoms with Gasteiger partial charge in [0.1, 0.15) is 5.75 Å². The van der Waals surface area contributed by atoms with E-state index < -0.39 is 0 Å². The summed E-state index contributed by atoms with van der Waals surface area (Å²) in [4.78, 5) is 12.1. The molecule has 110 valence electrons. The zero-order valence-electron chi connectivity index (χ0n) is 12.1. The first kappa shape index (κ1) is 15.6. The molecule has 0 aliphatic rings. The molecular formula is C17H18BrNO2. The van der Waals surface area contributed by atoms with E-state index in [1.807, 2.05) is 55.5 Å². The van der Waals surface area contributed by atoms with Crippen LogP contribution in [-0.2, 0) is 11.2 Å². The fourth-order valence-electron chi connectivity index (χ4n) is 2.18. The quantitative estimate of drug-likeness (QED) is 0.891.